The minimum atomic E-state index is -0.934. The predicted octanol–water partition coefficient (Wildman–Crippen LogP) is 2.29. The Morgan fingerprint density at radius 3 is 2.53 bits per heavy atom. The number of phenolic OH excluding ortho intramolecular Hbond substituents is 1. The van der Waals surface area contributed by atoms with Gasteiger partial charge < -0.3 is 16.6 Å². The molecule has 0 aliphatic carbocycles. The number of primary amides is 1. The molecule has 0 fully saturated rings. The van der Waals surface area contributed by atoms with Gasteiger partial charge in [0.05, 0.1) is 0 Å². The van der Waals surface area contributed by atoms with E-state index in [-0.39, 0.29) is 11.4 Å². The first-order valence-corrected chi connectivity index (χ1v) is 4.81. The van der Waals surface area contributed by atoms with E-state index < -0.39 is 6.03 Å². The summed E-state index contributed by atoms with van der Waals surface area (Å²) in [5.41, 5.74) is 11.2. The van der Waals surface area contributed by atoms with Gasteiger partial charge in [-0.15, -0.1) is 5.11 Å². The van der Waals surface area contributed by atoms with Crippen LogP contribution in [0.15, 0.2) is 40.6 Å². The second kappa shape index (κ2) is 4.09. The molecule has 0 saturated heterocycles. The molecule has 0 aliphatic rings. The van der Waals surface area contributed by atoms with Crippen LogP contribution in [-0.2, 0) is 0 Å². The van der Waals surface area contributed by atoms with Gasteiger partial charge in [-0.2, -0.15) is 0 Å². The Kier molecular flexibility index (Phi) is 2.61. The Balaban J connectivity index is 2.67. The standard InChI is InChI=1S/C11H10N4O2/c12-8-5-9(14-15-11(13)17)10(16)7-4-2-1-3-6(7)8/h1-5,16H,12H2,(H2,13,17). The van der Waals surface area contributed by atoms with Crippen molar-refractivity contribution >= 4 is 28.2 Å². The van der Waals surface area contributed by atoms with Crippen molar-refractivity contribution in [3.05, 3.63) is 30.3 Å². The predicted molar refractivity (Wildman–Crippen MR) is 64.1 cm³/mol. The molecule has 0 aromatic heterocycles. The lowest BCUT2D eigenvalue weighted by molar-refractivity contribution is 0.255. The van der Waals surface area contributed by atoms with Crippen LogP contribution >= 0.6 is 0 Å². The van der Waals surface area contributed by atoms with Gasteiger partial charge in [-0.3, -0.25) is 0 Å². The number of nitrogens with two attached hydrogens (primary N) is 2. The Bertz CT molecular complexity index is 622. The summed E-state index contributed by atoms with van der Waals surface area (Å²) in [6, 6.07) is 7.55. The Labute approximate surface area is 96.6 Å². The quantitative estimate of drug-likeness (QED) is 0.396. The summed E-state index contributed by atoms with van der Waals surface area (Å²) < 4.78 is 0. The molecule has 2 aromatic carbocycles. The van der Waals surface area contributed by atoms with Crippen LogP contribution in [0, 0.1) is 0 Å². The third-order valence-corrected chi connectivity index (χ3v) is 2.28. The smallest absolute Gasteiger partial charge is 0.356 e. The monoisotopic (exact) mass is 230 g/mol. The first kappa shape index (κ1) is 10.9. The number of carbonyl (C=O) groups is 1. The fourth-order valence-electron chi connectivity index (χ4n) is 1.55. The lowest BCUT2D eigenvalue weighted by atomic mass is 10.1. The van der Waals surface area contributed by atoms with E-state index in [1.807, 2.05) is 6.07 Å². The summed E-state index contributed by atoms with van der Waals surface area (Å²) in [6.45, 7) is 0. The molecule has 0 saturated carbocycles. The summed E-state index contributed by atoms with van der Waals surface area (Å²) in [7, 11) is 0. The van der Waals surface area contributed by atoms with Crippen molar-refractivity contribution in [2.75, 3.05) is 5.73 Å². The third-order valence-electron chi connectivity index (χ3n) is 2.28. The molecule has 6 heteroatoms. The molecule has 0 heterocycles. The molecule has 0 aliphatic heterocycles. The van der Waals surface area contributed by atoms with Crippen molar-refractivity contribution in [3.63, 3.8) is 0 Å². The summed E-state index contributed by atoms with van der Waals surface area (Å²) in [5, 5.41) is 17.9. The highest BCUT2D eigenvalue weighted by Gasteiger charge is 2.09. The first-order valence-electron chi connectivity index (χ1n) is 4.81. The molecular formula is C11H10N4O2. The van der Waals surface area contributed by atoms with E-state index in [9.17, 15) is 9.90 Å². The zero-order valence-electron chi connectivity index (χ0n) is 8.79. The number of nitrogen functional groups attached to an aromatic ring is 1. The average molecular weight is 230 g/mol. The van der Waals surface area contributed by atoms with Crippen molar-refractivity contribution in [1.82, 2.24) is 0 Å². The lowest BCUT2D eigenvalue weighted by Crippen LogP contribution is -2.01. The molecule has 0 atom stereocenters. The Morgan fingerprint density at radius 1 is 1.24 bits per heavy atom. The van der Waals surface area contributed by atoms with Crippen LogP contribution in [0.5, 0.6) is 5.75 Å². The number of urea groups is 1. The summed E-state index contributed by atoms with van der Waals surface area (Å²) in [4.78, 5) is 10.5. The SMILES string of the molecule is NC(=O)N=Nc1cc(N)c2ccccc2c1O. The van der Waals surface area contributed by atoms with Gasteiger partial charge in [-0.05, 0) is 6.07 Å². The summed E-state index contributed by atoms with van der Waals surface area (Å²) in [5.74, 6) is -0.0835. The topological polar surface area (TPSA) is 114 Å². The number of benzene rings is 2. The van der Waals surface area contributed by atoms with Gasteiger partial charge in [0, 0.05) is 16.5 Å². The van der Waals surface area contributed by atoms with E-state index in [0.29, 0.717) is 16.5 Å². The van der Waals surface area contributed by atoms with Crippen molar-refractivity contribution in [3.8, 4) is 5.75 Å². The van der Waals surface area contributed by atoms with E-state index in [4.69, 9.17) is 11.5 Å². The van der Waals surface area contributed by atoms with Gasteiger partial charge in [0.15, 0.2) is 5.75 Å². The number of phenols is 1. The molecule has 17 heavy (non-hydrogen) atoms. The highest BCUT2D eigenvalue weighted by atomic mass is 16.3. The van der Waals surface area contributed by atoms with Gasteiger partial charge in [-0.1, -0.05) is 29.4 Å². The molecule has 5 N–H and O–H groups in total. The molecule has 0 unspecified atom stereocenters. The maximum absolute atomic E-state index is 10.5. The molecule has 0 bridgehead atoms. The Morgan fingerprint density at radius 2 is 1.88 bits per heavy atom. The fourth-order valence-corrected chi connectivity index (χ4v) is 1.55. The van der Waals surface area contributed by atoms with Crippen molar-refractivity contribution in [2.24, 2.45) is 16.0 Å². The first-order chi connectivity index (χ1) is 8.09. The minimum Gasteiger partial charge on any atom is -0.505 e. The average Bonchev–Trinajstić information content (AvgIpc) is 2.32. The van der Waals surface area contributed by atoms with Gasteiger partial charge in [-0.25, -0.2) is 4.79 Å². The van der Waals surface area contributed by atoms with Gasteiger partial charge in [0.1, 0.15) is 5.69 Å². The van der Waals surface area contributed by atoms with Crippen molar-refractivity contribution < 1.29 is 9.90 Å². The maximum atomic E-state index is 10.5. The van der Waals surface area contributed by atoms with Crippen LogP contribution in [-0.4, -0.2) is 11.1 Å². The lowest BCUT2D eigenvalue weighted by Gasteiger charge is -2.06. The maximum Gasteiger partial charge on any atom is 0.356 e. The zero-order valence-corrected chi connectivity index (χ0v) is 8.79. The van der Waals surface area contributed by atoms with Crippen LogP contribution < -0.4 is 11.5 Å². The molecule has 0 spiro atoms. The fraction of sp³-hybridized carbons (Fsp3) is 0. The van der Waals surface area contributed by atoms with Crippen LogP contribution in [0.3, 0.4) is 0 Å². The zero-order chi connectivity index (χ0) is 12.4. The van der Waals surface area contributed by atoms with Crippen LogP contribution in [0.4, 0.5) is 16.2 Å². The van der Waals surface area contributed by atoms with E-state index in [1.165, 1.54) is 6.07 Å². The van der Waals surface area contributed by atoms with E-state index in [1.54, 1.807) is 18.2 Å². The number of amides is 2. The van der Waals surface area contributed by atoms with Gasteiger partial charge in [0.2, 0.25) is 0 Å². The van der Waals surface area contributed by atoms with Crippen LogP contribution in [0.1, 0.15) is 0 Å². The number of anilines is 1. The second-order valence-corrected chi connectivity index (χ2v) is 3.42. The Hall–Kier alpha value is -2.63. The molecule has 6 nitrogen and oxygen atoms in total. The molecule has 2 amide bonds. The van der Waals surface area contributed by atoms with Crippen LogP contribution in [0.2, 0.25) is 0 Å². The number of fused-ring (bicyclic) bond motifs is 1. The molecule has 2 rings (SSSR count). The van der Waals surface area contributed by atoms with Gasteiger partial charge >= 0.3 is 6.03 Å². The number of hydrogen-bond acceptors (Lipinski definition) is 4. The van der Waals surface area contributed by atoms with Crippen molar-refractivity contribution in [2.45, 2.75) is 0 Å². The summed E-state index contributed by atoms with van der Waals surface area (Å²) >= 11 is 0. The highest BCUT2D eigenvalue weighted by molar-refractivity contribution is 6.00. The van der Waals surface area contributed by atoms with Crippen LogP contribution in [0.25, 0.3) is 10.8 Å². The number of rotatable bonds is 1. The van der Waals surface area contributed by atoms with Crippen molar-refractivity contribution in [1.29, 1.82) is 0 Å². The highest BCUT2D eigenvalue weighted by Crippen LogP contribution is 2.38. The van der Waals surface area contributed by atoms with Gasteiger partial charge in [0.25, 0.3) is 0 Å². The van der Waals surface area contributed by atoms with E-state index in [2.05, 4.69) is 10.2 Å². The molecule has 2 aromatic rings. The second-order valence-electron chi connectivity index (χ2n) is 3.42. The normalized spacial score (nSPS) is 11.1. The summed E-state index contributed by atoms with van der Waals surface area (Å²) in [6.07, 6.45) is 0. The number of carbonyl (C=O) groups excluding carboxylic acids is 1. The number of aromatic hydroxyl groups is 1. The number of hydrogen-bond donors (Lipinski definition) is 3. The molecular weight excluding hydrogens is 220 g/mol. The largest absolute Gasteiger partial charge is 0.505 e. The minimum absolute atomic E-state index is 0.0835. The third kappa shape index (κ3) is 2.00. The van der Waals surface area contributed by atoms with E-state index >= 15 is 0 Å². The number of azo groups is 1. The van der Waals surface area contributed by atoms with E-state index in [0.717, 1.165) is 0 Å². The molecule has 0 radical (unpaired) electrons. The molecule has 86 valence electrons. The number of nitrogens with zero attached hydrogens (tertiary/aromatic N) is 2.